The standard InChI is InChI=1S/C12H15N5O3S/c1-16-12(14-10(19)11(20)15-16)21-6-2-5-17-7-8(13)3-4-9(17)18/h3-4,7H,2,5-6,13H2,1H3,(H,15,20). The number of rotatable bonds is 5. The molecule has 2 rings (SSSR count). The van der Waals surface area contributed by atoms with Gasteiger partial charge in [0.15, 0.2) is 5.16 Å². The zero-order valence-corrected chi connectivity index (χ0v) is 12.2. The fourth-order valence-electron chi connectivity index (χ4n) is 1.71. The van der Waals surface area contributed by atoms with Gasteiger partial charge in [-0.1, -0.05) is 11.8 Å². The zero-order valence-electron chi connectivity index (χ0n) is 11.4. The Morgan fingerprint density at radius 3 is 2.86 bits per heavy atom. The fourth-order valence-corrected chi connectivity index (χ4v) is 2.56. The second kappa shape index (κ2) is 6.44. The topological polar surface area (TPSA) is 116 Å². The van der Waals surface area contributed by atoms with Crippen molar-refractivity contribution in [1.82, 2.24) is 19.3 Å². The number of pyridine rings is 1. The normalized spacial score (nSPS) is 10.7. The lowest BCUT2D eigenvalue weighted by Gasteiger charge is -2.07. The summed E-state index contributed by atoms with van der Waals surface area (Å²) in [6.07, 6.45) is 2.30. The third kappa shape index (κ3) is 3.85. The van der Waals surface area contributed by atoms with Gasteiger partial charge in [0.05, 0.1) is 0 Å². The van der Waals surface area contributed by atoms with Crippen molar-refractivity contribution in [1.29, 1.82) is 0 Å². The highest BCUT2D eigenvalue weighted by molar-refractivity contribution is 7.99. The van der Waals surface area contributed by atoms with Gasteiger partial charge >= 0.3 is 11.1 Å². The number of H-pyrrole nitrogens is 1. The van der Waals surface area contributed by atoms with Crippen molar-refractivity contribution in [2.45, 2.75) is 18.1 Å². The minimum Gasteiger partial charge on any atom is -0.398 e. The van der Waals surface area contributed by atoms with Crippen molar-refractivity contribution >= 4 is 17.4 Å². The summed E-state index contributed by atoms with van der Waals surface area (Å²) in [6, 6.07) is 2.99. The van der Waals surface area contributed by atoms with Gasteiger partial charge in [0, 0.05) is 37.3 Å². The van der Waals surface area contributed by atoms with Crippen LogP contribution in [0.15, 0.2) is 37.9 Å². The highest BCUT2D eigenvalue weighted by Gasteiger charge is 2.04. The van der Waals surface area contributed by atoms with E-state index in [1.165, 1.54) is 27.1 Å². The third-order valence-electron chi connectivity index (χ3n) is 2.73. The molecule has 3 N–H and O–H groups in total. The zero-order chi connectivity index (χ0) is 15.4. The van der Waals surface area contributed by atoms with Crippen LogP contribution in [0.25, 0.3) is 0 Å². The Morgan fingerprint density at radius 2 is 2.10 bits per heavy atom. The molecule has 0 aromatic carbocycles. The molecular weight excluding hydrogens is 294 g/mol. The van der Waals surface area contributed by atoms with Crippen LogP contribution in [0.3, 0.4) is 0 Å². The maximum absolute atomic E-state index is 11.6. The number of nitrogen functional groups attached to an aromatic ring is 1. The van der Waals surface area contributed by atoms with Gasteiger partial charge in [-0.3, -0.25) is 24.2 Å². The van der Waals surface area contributed by atoms with Gasteiger partial charge in [-0.25, -0.2) is 0 Å². The molecule has 8 nitrogen and oxygen atoms in total. The van der Waals surface area contributed by atoms with Crippen LogP contribution in [0, 0.1) is 0 Å². The van der Waals surface area contributed by atoms with Crippen LogP contribution in [-0.2, 0) is 13.6 Å². The van der Waals surface area contributed by atoms with E-state index >= 15 is 0 Å². The number of hydrogen-bond acceptors (Lipinski definition) is 6. The second-order valence-corrected chi connectivity index (χ2v) is 5.46. The summed E-state index contributed by atoms with van der Waals surface area (Å²) < 4.78 is 2.94. The molecule has 0 aliphatic carbocycles. The van der Waals surface area contributed by atoms with E-state index in [1.54, 1.807) is 19.3 Å². The third-order valence-corrected chi connectivity index (χ3v) is 3.84. The molecule has 21 heavy (non-hydrogen) atoms. The van der Waals surface area contributed by atoms with E-state index in [1.807, 2.05) is 0 Å². The lowest BCUT2D eigenvalue weighted by Crippen LogP contribution is -2.33. The molecule has 0 bridgehead atoms. The number of aromatic nitrogens is 4. The highest BCUT2D eigenvalue weighted by atomic mass is 32.2. The fraction of sp³-hybridized carbons (Fsp3) is 0.333. The molecule has 0 aliphatic heterocycles. The minimum absolute atomic E-state index is 0.108. The molecule has 0 amide bonds. The Kier molecular flexibility index (Phi) is 4.63. The largest absolute Gasteiger partial charge is 0.398 e. The molecule has 112 valence electrons. The first-order chi connectivity index (χ1) is 9.97. The van der Waals surface area contributed by atoms with Crippen LogP contribution in [0.2, 0.25) is 0 Å². The maximum atomic E-state index is 11.6. The Labute approximate surface area is 123 Å². The molecule has 2 aromatic rings. The number of nitrogens with zero attached hydrogens (tertiary/aromatic N) is 3. The summed E-state index contributed by atoms with van der Waals surface area (Å²) in [5, 5.41) is 2.81. The van der Waals surface area contributed by atoms with Crippen molar-refractivity contribution in [3.05, 3.63) is 49.4 Å². The smallest absolute Gasteiger partial charge is 0.339 e. The number of nitrogens with two attached hydrogens (primary N) is 1. The first-order valence-electron chi connectivity index (χ1n) is 6.23. The van der Waals surface area contributed by atoms with E-state index in [0.717, 1.165) is 0 Å². The first-order valence-corrected chi connectivity index (χ1v) is 7.22. The Morgan fingerprint density at radius 1 is 1.33 bits per heavy atom. The van der Waals surface area contributed by atoms with Crippen LogP contribution in [0.1, 0.15) is 6.42 Å². The van der Waals surface area contributed by atoms with Gasteiger partial charge in [0.25, 0.3) is 5.56 Å². The molecule has 9 heteroatoms. The lowest BCUT2D eigenvalue weighted by molar-refractivity contribution is 0.595. The molecule has 0 saturated heterocycles. The first kappa shape index (κ1) is 15.1. The maximum Gasteiger partial charge on any atom is 0.339 e. The second-order valence-electron chi connectivity index (χ2n) is 4.40. The number of nitrogens with one attached hydrogen (secondary N) is 1. The quantitative estimate of drug-likeness (QED) is 0.433. The van der Waals surface area contributed by atoms with Gasteiger partial charge in [-0.15, -0.1) is 0 Å². The van der Waals surface area contributed by atoms with E-state index < -0.39 is 11.1 Å². The summed E-state index contributed by atoms with van der Waals surface area (Å²) >= 11 is 1.33. The molecule has 0 radical (unpaired) electrons. The van der Waals surface area contributed by atoms with E-state index in [2.05, 4.69) is 10.1 Å². The molecule has 0 fully saturated rings. The molecule has 0 unspecified atom stereocenters. The molecule has 0 spiro atoms. The summed E-state index contributed by atoms with van der Waals surface area (Å²) in [5.41, 5.74) is 4.51. The van der Waals surface area contributed by atoms with E-state index in [9.17, 15) is 14.4 Å². The van der Waals surface area contributed by atoms with E-state index in [4.69, 9.17) is 5.73 Å². The average Bonchev–Trinajstić information content (AvgIpc) is 2.43. The van der Waals surface area contributed by atoms with Gasteiger partial charge in [0.1, 0.15) is 0 Å². The van der Waals surface area contributed by atoms with Crippen LogP contribution in [-0.4, -0.2) is 25.1 Å². The van der Waals surface area contributed by atoms with Crippen LogP contribution in [0.5, 0.6) is 0 Å². The Balaban J connectivity index is 1.95. The molecule has 0 atom stereocenters. The van der Waals surface area contributed by atoms with Crippen LogP contribution >= 0.6 is 11.8 Å². The van der Waals surface area contributed by atoms with Gasteiger partial charge < -0.3 is 10.3 Å². The van der Waals surface area contributed by atoms with E-state index in [0.29, 0.717) is 29.6 Å². The summed E-state index contributed by atoms with van der Waals surface area (Å²) in [6.45, 7) is 0.522. The average molecular weight is 309 g/mol. The molecular formula is C12H15N5O3S. The van der Waals surface area contributed by atoms with Gasteiger partial charge in [-0.2, -0.15) is 4.98 Å². The molecule has 0 saturated carbocycles. The van der Waals surface area contributed by atoms with Crippen molar-refractivity contribution in [2.24, 2.45) is 7.05 Å². The summed E-state index contributed by atoms with van der Waals surface area (Å²) in [5.74, 6) is 0.646. The van der Waals surface area contributed by atoms with Crippen molar-refractivity contribution in [3.63, 3.8) is 0 Å². The molecule has 2 heterocycles. The number of thioether (sulfide) groups is 1. The van der Waals surface area contributed by atoms with Crippen molar-refractivity contribution in [3.8, 4) is 0 Å². The number of aromatic amines is 1. The number of aryl methyl sites for hydroxylation is 2. The van der Waals surface area contributed by atoms with Crippen molar-refractivity contribution < 1.29 is 0 Å². The summed E-state index contributed by atoms with van der Waals surface area (Å²) in [7, 11) is 1.61. The molecule has 0 aliphatic rings. The Bertz CT molecular complexity index is 808. The highest BCUT2D eigenvalue weighted by Crippen LogP contribution is 2.12. The molecule has 2 aromatic heterocycles. The van der Waals surface area contributed by atoms with Crippen LogP contribution in [0.4, 0.5) is 5.69 Å². The van der Waals surface area contributed by atoms with Crippen LogP contribution < -0.4 is 22.4 Å². The predicted octanol–water partition coefficient (Wildman–Crippen LogP) is -0.605. The lowest BCUT2D eigenvalue weighted by atomic mass is 10.4. The monoisotopic (exact) mass is 309 g/mol. The SMILES string of the molecule is Cn1[nH]c(=O)c(=O)nc1SCCCn1cc(N)ccc1=O. The van der Waals surface area contributed by atoms with Crippen molar-refractivity contribution in [2.75, 3.05) is 11.5 Å². The van der Waals surface area contributed by atoms with Gasteiger partial charge in [0.2, 0.25) is 0 Å². The Hall–Kier alpha value is -2.29. The summed E-state index contributed by atoms with van der Waals surface area (Å²) in [4.78, 5) is 37.5. The predicted molar refractivity (Wildman–Crippen MR) is 80.6 cm³/mol. The minimum atomic E-state index is -0.803. The number of hydrogen-bond donors (Lipinski definition) is 2. The number of anilines is 1. The van der Waals surface area contributed by atoms with Gasteiger partial charge in [-0.05, 0) is 12.5 Å². The van der Waals surface area contributed by atoms with E-state index in [-0.39, 0.29) is 5.56 Å².